The van der Waals surface area contributed by atoms with Crippen molar-refractivity contribution in [3.8, 4) is 0 Å². The van der Waals surface area contributed by atoms with E-state index in [4.69, 9.17) is 4.74 Å². The monoisotopic (exact) mass is 314 g/mol. The normalized spacial score (nSPS) is 12.2. The van der Waals surface area contributed by atoms with Crippen molar-refractivity contribution >= 4 is 22.8 Å². The first-order valence-electron chi connectivity index (χ1n) is 7.71. The lowest BCUT2D eigenvalue weighted by molar-refractivity contribution is -0.145. The molecule has 5 nitrogen and oxygen atoms in total. The predicted molar refractivity (Wildman–Crippen MR) is 88.8 cm³/mol. The minimum Gasteiger partial charge on any atom is -0.467 e. The molecular formula is C18H22N2O3. The molecule has 1 atom stereocenters. The van der Waals surface area contributed by atoms with Gasteiger partial charge in [-0.05, 0) is 24.0 Å². The molecule has 0 bridgehead atoms. The van der Waals surface area contributed by atoms with E-state index in [0.29, 0.717) is 6.42 Å². The summed E-state index contributed by atoms with van der Waals surface area (Å²) in [7, 11) is 1.33. The molecule has 23 heavy (non-hydrogen) atoms. The second-order valence-electron chi connectivity index (χ2n) is 5.94. The van der Waals surface area contributed by atoms with Crippen LogP contribution in [-0.4, -0.2) is 30.0 Å². The third-order valence-electron chi connectivity index (χ3n) is 3.60. The molecule has 0 saturated heterocycles. The Morgan fingerprint density at radius 2 is 1.96 bits per heavy atom. The summed E-state index contributed by atoms with van der Waals surface area (Å²) < 4.78 is 4.77. The average molecular weight is 314 g/mol. The number of ether oxygens (including phenoxy) is 1. The summed E-state index contributed by atoms with van der Waals surface area (Å²) in [5.41, 5.74) is 1.65. The van der Waals surface area contributed by atoms with Crippen molar-refractivity contribution in [2.24, 2.45) is 5.92 Å². The third kappa shape index (κ3) is 4.52. The van der Waals surface area contributed by atoms with Crippen LogP contribution in [0.5, 0.6) is 0 Å². The van der Waals surface area contributed by atoms with E-state index in [9.17, 15) is 9.59 Å². The van der Waals surface area contributed by atoms with Gasteiger partial charge in [-0.1, -0.05) is 38.1 Å². The Bertz CT molecular complexity index is 692. The zero-order valence-electron chi connectivity index (χ0n) is 13.7. The maximum Gasteiger partial charge on any atom is 0.328 e. The highest BCUT2D eigenvalue weighted by Crippen LogP contribution is 2.16. The van der Waals surface area contributed by atoms with Gasteiger partial charge in [0.1, 0.15) is 6.04 Å². The van der Waals surface area contributed by atoms with Gasteiger partial charge in [-0.3, -0.25) is 9.78 Å². The number of pyridine rings is 1. The quantitative estimate of drug-likeness (QED) is 0.832. The molecule has 0 spiro atoms. The summed E-state index contributed by atoms with van der Waals surface area (Å²) >= 11 is 0. The molecular weight excluding hydrogens is 292 g/mol. The highest BCUT2D eigenvalue weighted by molar-refractivity contribution is 5.89. The fraction of sp³-hybridized carbons (Fsp3) is 0.389. The van der Waals surface area contributed by atoms with Crippen LogP contribution in [0.25, 0.3) is 10.9 Å². The van der Waals surface area contributed by atoms with Crippen molar-refractivity contribution in [1.82, 2.24) is 10.3 Å². The van der Waals surface area contributed by atoms with Gasteiger partial charge in [0, 0.05) is 11.6 Å². The van der Waals surface area contributed by atoms with Gasteiger partial charge in [0.15, 0.2) is 0 Å². The van der Waals surface area contributed by atoms with E-state index in [0.717, 1.165) is 16.5 Å². The first-order valence-corrected chi connectivity index (χ1v) is 7.71. The van der Waals surface area contributed by atoms with E-state index in [1.165, 1.54) is 7.11 Å². The molecule has 1 unspecified atom stereocenters. The number of carbonyl (C=O) groups excluding carboxylic acids is 2. The van der Waals surface area contributed by atoms with Gasteiger partial charge in [-0.15, -0.1) is 0 Å². The van der Waals surface area contributed by atoms with E-state index in [2.05, 4.69) is 10.3 Å². The van der Waals surface area contributed by atoms with Crippen LogP contribution in [0.15, 0.2) is 36.5 Å². The second-order valence-corrected chi connectivity index (χ2v) is 5.94. The number of para-hydroxylation sites is 1. The highest BCUT2D eigenvalue weighted by Gasteiger charge is 2.22. The maximum absolute atomic E-state index is 12.3. The van der Waals surface area contributed by atoms with Crippen LogP contribution in [0.1, 0.15) is 25.8 Å². The number of nitrogens with zero attached hydrogens (tertiary/aromatic N) is 1. The van der Waals surface area contributed by atoms with Gasteiger partial charge in [-0.25, -0.2) is 4.79 Å². The lowest BCUT2D eigenvalue weighted by Gasteiger charge is -2.18. The molecule has 0 saturated carbocycles. The van der Waals surface area contributed by atoms with Crippen LogP contribution in [0.3, 0.4) is 0 Å². The van der Waals surface area contributed by atoms with Gasteiger partial charge in [0.05, 0.1) is 19.0 Å². The number of hydrogen-bond donors (Lipinski definition) is 1. The summed E-state index contributed by atoms with van der Waals surface area (Å²) in [6.45, 7) is 3.99. The molecule has 0 aliphatic rings. The number of amides is 1. The van der Waals surface area contributed by atoms with Gasteiger partial charge in [0.25, 0.3) is 0 Å². The predicted octanol–water partition coefficient (Wildman–Crippen LogP) is 2.48. The molecule has 0 aliphatic heterocycles. The Kier molecular flexibility index (Phi) is 5.68. The molecule has 2 rings (SSSR count). The third-order valence-corrected chi connectivity index (χ3v) is 3.60. The lowest BCUT2D eigenvalue weighted by Crippen LogP contribution is -2.43. The van der Waals surface area contributed by atoms with Crippen molar-refractivity contribution in [2.45, 2.75) is 32.7 Å². The first kappa shape index (κ1) is 16.9. The van der Waals surface area contributed by atoms with Gasteiger partial charge >= 0.3 is 5.97 Å². The highest BCUT2D eigenvalue weighted by atomic mass is 16.5. The van der Waals surface area contributed by atoms with Crippen molar-refractivity contribution in [1.29, 1.82) is 0 Å². The number of benzene rings is 1. The summed E-state index contributed by atoms with van der Waals surface area (Å²) in [5, 5.41) is 3.76. The van der Waals surface area contributed by atoms with Crippen LogP contribution in [0.2, 0.25) is 0 Å². The Morgan fingerprint density at radius 3 is 2.65 bits per heavy atom. The van der Waals surface area contributed by atoms with Crippen molar-refractivity contribution < 1.29 is 14.3 Å². The Balaban J connectivity index is 2.12. The van der Waals surface area contributed by atoms with Crippen LogP contribution in [0, 0.1) is 5.92 Å². The molecule has 122 valence electrons. The molecule has 1 N–H and O–H groups in total. The van der Waals surface area contributed by atoms with Crippen LogP contribution in [0.4, 0.5) is 0 Å². The SMILES string of the molecule is COC(=O)C(CC(C)C)NC(=O)Cc1cccc2cccnc12. The number of methoxy groups -OCH3 is 1. The van der Waals surface area contributed by atoms with Gasteiger partial charge < -0.3 is 10.1 Å². The number of nitrogens with one attached hydrogen (secondary N) is 1. The summed E-state index contributed by atoms with van der Waals surface area (Å²) in [5.74, 6) is -0.346. The molecule has 0 radical (unpaired) electrons. The van der Waals surface area contributed by atoms with Crippen LogP contribution in [-0.2, 0) is 20.7 Å². The van der Waals surface area contributed by atoms with Crippen LogP contribution < -0.4 is 5.32 Å². The number of aromatic nitrogens is 1. The minimum atomic E-state index is -0.615. The van der Waals surface area contributed by atoms with E-state index < -0.39 is 12.0 Å². The Labute approximate surface area is 136 Å². The number of rotatable bonds is 6. The first-order chi connectivity index (χ1) is 11.0. The molecule has 1 heterocycles. The van der Waals surface area contributed by atoms with Crippen molar-refractivity contribution in [3.63, 3.8) is 0 Å². The smallest absolute Gasteiger partial charge is 0.328 e. The number of esters is 1. The standard InChI is InChI=1S/C18H22N2O3/c1-12(2)10-15(18(22)23-3)20-16(21)11-14-7-4-6-13-8-5-9-19-17(13)14/h4-9,12,15H,10-11H2,1-3H3,(H,20,21). The Morgan fingerprint density at radius 1 is 1.22 bits per heavy atom. The molecule has 1 aromatic carbocycles. The minimum absolute atomic E-state index is 0.180. The van der Waals surface area contributed by atoms with Gasteiger partial charge in [-0.2, -0.15) is 0 Å². The van der Waals surface area contributed by atoms with Crippen molar-refractivity contribution in [2.75, 3.05) is 7.11 Å². The zero-order chi connectivity index (χ0) is 16.8. The van der Waals surface area contributed by atoms with Crippen LogP contribution >= 0.6 is 0 Å². The second kappa shape index (κ2) is 7.72. The molecule has 0 fully saturated rings. The molecule has 1 aromatic heterocycles. The van der Waals surface area contributed by atoms with E-state index >= 15 is 0 Å². The zero-order valence-corrected chi connectivity index (χ0v) is 13.7. The number of hydrogen-bond acceptors (Lipinski definition) is 4. The maximum atomic E-state index is 12.3. The lowest BCUT2D eigenvalue weighted by atomic mass is 10.0. The topological polar surface area (TPSA) is 68.3 Å². The Hall–Kier alpha value is -2.43. The van der Waals surface area contributed by atoms with E-state index in [-0.39, 0.29) is 18.2 Å². The summed E-state index contributed by atoms with van der Waals surface area (Å²) in [6.07, 6.45) is 2.44. The molecule has 1 amide bonds. The molecule has 2 aromatic rings. The molecule has 5 heteroatoms. The fourth-order valence-electron chi connectivity index (χ4n) is 2.56. The average Bonchev–Trinajstić information content (AvgIpc) is 2.53. The number of carbonyl (C=O) groups is 2. The van der Waals surface area contributed by atoms with Gasteiger partial charge in [0.2, 0.25) is 5.91 Å². The molecule has 0 aliphatic carbocycles. The fourth-order valence-corrected chi connectivity index (χ4v) is 2.56. The van der Waals surface area contributed by atoms with E-state index in [1.54, 1.807) is 6.20 Å². The summed E-state index contributed by atoms with van der Waals surface area (Å²) in [4.78, 5) is 28.5. The summed E-state index contributed by atoms with van der Waals surface area (Å²) in [6, 6.07) is 8.94. The number of fused-ring (bicyclic) bond motifs is 1. The van der Waals surface area contributed by atoms with Crippen molar-refractivity contribution in [3.05, 3.63) is 42.1 Å². The largest absolute Gasteiger partial charge is 0.467 e. The van der Waals surface area contributed by atoms with E-state index in [1.807, 2.05) is 44.2 Å².